The van der Waals surface area contributed by atoms with Crippen molar-refractivity contribution in [2.24, 2.45) is 5.16 Å². The van der Waals surface area contributed by atoms with Crippen LogP contribution in [0.1, 0.15) is 40.4 Å². The van der Waals surface area contributed by atoms with E-state index in [1.54, 1.807) is 13.8 Å². The zero-order valence-corrected chi connectivity index (χ0v) is 18.5. The van der Waals surface area contributed by atoms with Crippen LogP contribution in [0.4, 0.5) is 0 Å². The fourth-order valence-corrected chi connectivity index (χ4v) is 5.35. The fraction of sp³-hybridized carbons (Fsp3) is 0.389. The molecule has 12 heteroatoms. The molecule has 1 aromatic carbocycles. The summed E-state index contributed by atoms with van der Waals surface area (Å²) in [5.41, 5.74) is 1.28. The summed E-state index contributed by atoms with van der Waals surface area (Å²) in [6.45, 7) is 3.61. The van der Waals surface area contributed by atoms with Crippen LogP contribution >= 0.6 is 0 Å². The van der Waals surface area contributed by atoms with Crippen LogP contribution in [0.2, 0.25) is 0 Å². The monoisotopic (exact) mass is 455 g/mol. The Bertz CT molecular complexity index is 1260. The molecule has 0 fully saturated rings. The first-order chi connectivity index (χ1) is 14.0. The predicted molar refractivity (Wildman–Crippen MR) is 108 cm³/mol. The molecular formula is C18H21N3O7S2. The van der Waals surface area contributed by atoms with Gasteiger partial charge in [-0.05, 0) is 31.5 Å². The van der Waals surface area contributed by atoms with Gasteiger partial charge in [-0.3, -0.25) is 4.79 Å². The van der Waals surface area contributed by atoms with Gasteiger partial charge in [-0.2, -0.15) is 13.5 Å². The molecule has 162 valence electrons. The molecule has 10 nitrogen and oxygen atoms in total. The molecule has 0 unspecified atom stereocenters. The summed E-state index contributed by atoms with van der Waals surface area (Å²) < 4.78 is 54.6. The van der Waals surface area contributed by atoms with Gasteiger partial charge in [-0.1, -0.05) is 5.16 Å². The van der Waals surface area contributed by atoms with E-state index in [2.05, 4.69) is 10.3 Å². The highest BCUT2D eigenvalue weighted by atomic mass is 32.2. The number of sulfone groups is 1. The summed E-state index contributed by atoms with van der Waals surface area (Å²) in [4.78, 5) is 18.2. The number of fused-ring (bicyclic) bond motifs is 1. The van der Waals surface area contributed by atoms with Crippen molar-refractivity contribution >= 4 is 31.5 Å². The molecule has 1 aliphatic rings. The first kappa shape index (κ1) is 22.0. The van der Waals surface area contributed by atoms with Crippen molar-refractivity contribution in [1.29, 1.82) is 0 Å². The number of hydrogen-bond acceptors (Lipinski definition) is 9. The van der Waals surface area contributed by atoms with E-state index >= 15 is 0 Å². The Kier molecular flexibility index (Phi) is 5.74. The molecule has 1 aromatic heterocycles. The first-order valence-corrected chi connectivity index (χ1v) is 12.4. The molecule has 0 N–H and O–H groups in total. The van der Waals surface area contributed by atoms with E-state index in [9.17, 15) is 21.6 Å². The minimum Gasteiger partial charge on any atom is -0.399 e. The fourth-order valence-electron chi connectivity index (χ4n) is 3.35. The van der Waals surface area contributed by atoms with Gasteiger partial charge in [-0.15, -0.1) is 0 Å². The lowest BCUT2D eigenvalue weighted by atomic mass is 9.93. The van der Waals surface area contributed by atoms with E-state index in [0.29, 0.717) is 16.8 Å². The average Bonchev–Trinajstić information content (AvgIpc) is 3.04. The summed E-state index contributed by atoms with van der Waals surface area (Å²) in [6, 6.07) is 2.76. The van der Waals surface area contributed by atoms with Gasteiger partial charge in [0.2, 0.25) is 5.88 Å². The summed E-state index contributed by atoms with van der Waals surface area (Å²) in [7, 11) is -6.07. The Hall–Kier alpha value is -2.73. The minimum absolute atomic E-state index is 0.0470. The molecule has 0 radical (unpaired) electrons. The normalized spacial score (nSPS) is 16.9. The lowest BCUT2D eigenvalue weighted by Crippen LogP contribution is -2.24. The van der Waals surface area contributed by atoms with Gasteiger partial charge in [0.1, 0.15) is 12.7 Å². The highest BCUT2D eigenvalue weighted by Gasteiger charge is 2.32. The van der Waals surface area contributed by atoms with Crippen LogP contribution in [-0.4, -0.2) is 57.2 Å². The van der Waals surface area contributed by atoms with E-state index < -0.39 is 25.7 Å². The van der Waals surface area contributed by atoms with Gasteiger partial charge >= 0.3 is 10.1 Å². The second kappa shape index (κ2) is 7.84. The number of ketones is 1. The Labute approximate surface area is 174 Å². The predicted octanol–water partition coefficient (Wildman–Crippen LogP) is 1.31. The molecule has 2 heterocycles. The maximum absolute atomic E-state index is 13.3. The van der Waals surface area contributed by atoms with Crippen molar-refractivity contribution in [3.05, 3.63) is 40.6 Å². The standard InChI is InChI=1S/C18H21N3O7S2/c1-5-21-18(28-29(4,23)24)13(10-19-21)17(22)12-6-7-15-16(11(12)2)14(20-27-3)8-9-30(15,25)26/h6-7,10H,5,8-9H2,1-4H3/b20-14+. The second-order valence-electron chi connectivity index (χ2n) is 6.70. The number of benzene rings is 1. The van der Waals surface area contributed by atoms with Crippen molar-refractivity contribution in [2.45, 2.75) is 31.7 Å². The Morgan fingerprint density at radius 2 is 2.00 bits per heavy atom. The van der Waals surface area contributed by atoms with Gasteiger partial charge in [-0.25, -0.2) is 13.1 Å². The molecule has 0 amide bonds. The third-order valence-electron chi connectivity index (χ3n) is 4.67. The summed E-state index contributed by atoms with van der Waals surface area (Å²) in [6.07, 6.45) is 2.25. The quantitative estimate of drug-likeness (QED) is 0.361. The van der Waals surface area contributed by atoms with Crippen LogP contribution < -0.4 is 4.18 Å². The number of carbonyl (C=O) groups excluding carboxylic acids is 1. The second-order valence-corrected chi connectivity index (χ2v) is 10.3. The zero-order valence-electron chi connectivity index (χ0n) is 16.9. The summed E-state index contributed by atoms with van der Waals surface area (Å²) in [5, 5.41) is 7.95. The number of rotatable bonds is 6. The Morgan fingerprint density at radius 3 is 2.60 bits per heavy atom. The van der Waals surface area contributed by atoms with Crippen LogP contribution in [0.3, 0.4) is 0 Å². The van der Waals surface area contributed by atoms with Crippen LogP contribution in [0.25, 0.3) is 0 Å². The van der Waals surface area contributed by atoms with E-state index in [0.717, 1.165) is 6.26 Å². The van der Waals surface area contributed by atoms with Crippen LogP contribution in [0, 0.1) is 6.92 Å². The maximum atomic E-state index is 13.3. The molecule has 0 atom stereocenters. The molecule has 2 aromatic rings. The van der Waals surface area contributed by atoms with E-state index in [4.69, 9.17) is 9.02 Å². The van der Waals surface area contributed by atoms with Crippen molar-refractivity contribution in [2.75, 3.05) is 19.1 Å². The molecule has 1 aliphatic heterocycles. The molecule has 0 saturated heterocycles. The number of aryl methyl sites for hydroxylation is 1. The molecule has 0 saturated carbocycles. The highest BCUT2D eigenvalue weighted by Crippen LogP contribution is 2.32. The van der Waals surface area contributed by atoms with Crippen LogP contribution in [-0.2, 0) is 31.3 Å². The SMILES string of the molecule is CCn1ncc(C(=O)c2ccc3c(c2C)/C(=N/OC)CCS3(=O)=O)c1OS(C)(=O)=O. The Morgan fingerprint density at radius 1 is 1.30 bits per heavy atom. The molecule has 0 aliphatic carbocycles. The first-order valence-electron chi connectivity index (χ1n) is 8.97. The van der Waals surface area contributed by atoms with Gasteiger partial charge in [0.15, 0.2) is 15.6 Å². The van der Waals surface area contributed by atoms with Crippen LogP contribution in [0.5, 0.6) is 5.88 Å². The van der Waals surface area contributed by atoms with Gasteiger partial charge in [0.25, 0.3) is 0 Å². The van der Waals surface area contributed by atoms with E-state index in [-0.39, 0.29) is 40.6 Å². The highest BCUT2D eigenvalue weighted by molar-refractivity contribution is 7.91. The molecule has 3 rings (SSSR count). The smallest absolute Gasteiger partial charge is 0.307 e. The summed E-state index contributed by atoms with van der Waals surface area (Å²) >= 11 is 0. The Balaban J connectivity index is 2.20. The van der Waals surface area contributed by atoms with Crippen molar-refractivity contribution in [3.8, 4) is 5.88 Å². The average molecular weight is 456 g/mol. The third-order valence-corrected chi connectivity index (χ3v) is 6.88. The van der Waals surface area contributed by atoms with Gasteiger partial charge in [0.05, 0.1) is 28.8 Å². The lowest BCUT2D eigenvalue weighted by Gasteiger charge is -2.21. The molecule has 30 heavy (non-hydrogen) atoms. The lowest BCUT2D eigenvalue weighted by molar-refractivity contribution is 0.103. The molecular weight excluding hydrogens is 434 g/mol. The molecule has 0 bridgehead atoms. The van der Waals surface area contributed by atoms with Crippen molar-refractivity contribution < 1.29 is 30.7 Å². The minimum atomic E-state index is -3.90. The van der Waals surface area contributed by atoms with Crippen molar-refractivity contribution in [3.63, 3.8) is 0 Å². The largest absolute Gasteiger partial charge is 0.399 e. The van der Waals surface area contributed by atoms with E-state index in [1.807, 2.05) is 0 Å². The van der Waals surface area contributed by atoms with Crippen molar-refractivity contribution in [1.82, 2.24) is 9.78 Å². The summed E-state index contributed by atoms with van der Waals surface area (Å²) in [5.74, 6) is -0.848. The van der Waals surface area contributed by atoms with E-state index in [1.165, 1.54) is 30.1 Å². The zero-order chi connectivity index (χ0) is 22.3. The number of nitrogens with zero attached hydrogens (tertiary/aromatic N) is 3. The van der Waals surface area contributed by atoms with Crippen LogP contribution in [0.15, 0.2) is 28.4 Å². The van der Waals surface area contributed by atoms with Gasteiger partial charge < -0.3 is 9.02 Å². The number of oxime groups is 1. The number of aromatic nitrogens is 2. The number of carbonyl (C=O) groups is 1. The van der Waals surface area contributed by atoms with Gasteiger partial charge in [0, 0.05) is 24.1 Å². The molecule has 0 spiro atoms. The maximum Gasteiger partial charge on any atom is 0.307 e. The number of hydrogen-bond donors (Lipinski definition) is 0. The third kappa shape index (κ3) is 3.97. The topological polar surface area (TPSA) is 134 Å².